The molecular weight excluding hydrogens is 310 g/mol. The van der Waals surface area contributed by atoms with E-state index in [1.54, 1.807) is 0 Å². The van der Waals surface area contributed by atoms with Gasteiger partial charge in [-0.15, -0.1) is 0 Å². The Morgan fingerprint density at radius 1 is 1.08 bits per heavy atom. The molecule has 1 saturated carbocycles. The number of carbonyl (C=O) groups excluding carboxylic acids is 1. The average Bonchev–Trinajstić information content (AvgIpc) is 2.65. The number of rotatable bonds is 8. The predicted molar refractivity (Wildman–Crippen MR) is 103 cm³/mol. The summed E-state index contributed by atoms with van der Waals surface area (Å²) < 4.78 is 0. The molecule has 1 aromatic carbocycles. The van der Waals surface area contributed by atoms with Crippen molar-refractivity contribution in [3.63, 3.8) is 0 Å². The van der Waals surface area contributed by atoms with Gasteiger partial charge in [0.25, 0.3) is 0 Å². The number of nitrogens with zero attached hydrogens (tertiary/aromatic N) is 1. The molecular formula is C21H33N3O. The van der Waals surface area contributed by atoms with Gasteiger partial charge in [-0.25, -0.2) is 0 Å². The Kier molecular flexibility index (Phi) is 6.88. The van der Waals surface area contributed by atoms with Crippen LogP contribution in [0, 0.1) is 0 Å². The number of amides is 1. The number of benzene rings is 1. The molecule has 2 N–H and O–H groups in total. The molecule has 0 radical (unpaired) electrons. The summed E-state index contributed by atoms with van der Waals surface area (Å²) in [5.41, 5.74) is 1.32. The quantitative estimate of drug-likeness (QED) is 0.763. The van der Waals surface area contributed by atoms with Crippen molar-refractivity contribution >= 4 is 5.91 Å². The van der Waals surface area contributed by atoms with Gasteiger partial charge >= 0.3 is 0 Å². The normalized spacial score (nSPS) is 24.7. The number of nitrogens with one attached hydrogen (secondary N) is 2. The molecule has 0 aromatic heterocycles. The van der Waals surface area contributed by atoms with Gasteiger partial charge in [-0.05, 0) is 63.7 Å². The van der Waals surface area contributed by atoms with Gasteiger partial charge in [0.15, 0.2) is 0 Å². The first-order valence-corrected chi connectivity index (χ1v) is 10.1. The molecule has 25 heavy (non-hydrogen) atoms. The number of aryl methyl sites for hydroxylation is 1. The second kappa shape index (κ2) is 9.35. The maximum atomic E-state index is 12.2. The van der Waals surface area contributed by atoms with E-state index in [4.69, 9.17) is 0 Å². The molecule has 1 aromatic rings. The van der Waals surface area contributed by atoms with Gasteiger partial charge in [-0.3, -0.25) is 4.79 Å². The zero-order chi connectivity index (χ0) is 17.5. The fourth-order valence-electron chi connectivity index (χ4n) is 3.97. The fraction of sp³-hybridized carbons (Fsp3) is 0.667. The van der Waals surface area contributed by atoms with Crippen LogP contribution in [0.15, 0.2) is 30.3 Å². The summed E-state index contributed by atoms with van der Waals surface area (Å²) in [7, 11) is 0. The Bertz CT molecular complexity index is 525. The molecule has 1 aliphatic carbocycles. The standard InChI is InChI=1S/C21H33N3O/c1-2-24-15-13-18(14-16-24)22-19-11-12-20(19)23-21(25)10-6-9-17-7-4-3-5-8-17/h3-5,7-8,18-20,22H,2,6,9-16H2,1H3,(H,23,25)/t19-,20+/m1/s1. The predicted octanol–water partition coefficient (Wildman–Crippen LogP) is 2.73. The van der Waals surface area contributed by atoms with E-state index in [-0.39, 0.29) is 5.91 Å². The van der Waals surface area contributed by atoms with Gasteiger partial charge < -0.3 is 15.5 Å². The summed E-state index contributed by atoms with van der Waals surface area (Å²) in [5.74, 6) is 0.216. The molecule has 4 heteroatoms. The molecule has 4 nitrogen and oxygen atoms in total. The van der Waals surface area contributed by atoms with Crippen LogP contribution in [0.4, 0.5) is 0 Å². The summed E-state index contributed by atoms with van der Waals surface area (Å²) >= 11 is 0. The van der Waals surface area contributed by atoms with Crippen LogP contribution < -0.4 is 10.6 Å². The minimum absolute atomic E-state index is 0.216. The zero-order valence-corrected chi connectivity index (χ0v) is 15.5. The lowest BCUT2D eigenvalue weighted by atomic mass is 9.85. The first-order chi connectivity index (χ1) is 12.2. The van der Waals surface area contributed by atoms with Gasteiger partial charge in [0.2, 0.25) is 5.91 Å². The largest absolute Gasteiger partial charge is 0.352 e. The molecule has 1 amide bonds. The summed E-state index contributed by atoms with van der Waals surface area (Å²) in [6, 6.07) is 11.9. The van der Waals surface area contributed by atoms with Crippen LogP contribution in [-0.4, -0.2) is 48.6 Å². The van der Waals surface area contributed by atoms with Crippen LogP contribution in [-0.2, 0) is 11.2 Å². The zero-order valence-electron chi connectivity index (χ0n) is 15.5. The van der Waals surface area contributed by atoms with Crippen LogP contribution >= 0.6 is 0 Å². The first kappa shape index (κ1) is 18.4. The molecule has 3 rings (SSSR count). The van der Waals surface area contributed by atoms with Crippen LogP contribution in [0.5, 0.6) is 0 Å². The summed E-state index contributed by atoms with van der Waals surface area (Å²) in [6.45, 7) is 5.82. The number of likely N-dealkylation sites (tertiary alicyclic amines) is 1. The maximum Gasteiger partial charge on any atom is 0.220 e. The molecule has 1 heterocycles. The summed E-state index contributed by atoms with van der Waals surface area (Å²) in [6.07, 6.45) is 7.34. The third kappa shape index (κ3) is 5.55. The van der Waals surface area contributed by atoms with E-state index in [1.807, 2.05) is 6.07 Å². The van der Waals surface area contributed by atoms with Gasteiger partial charge in [0, 0.05) is 24.5 Å². The first-order valence-electron chi connectivity index (χ1n) is 10.1. The van der Waals surface area contributed by atoms with Crippen LogP contribution in [0.25, 0.3) is 0 Å². The van der Waals surface area contributed by atoms with E-state index >= 15 is 0 Å². The Morgan fingerprint density at radius 2 is 1.80 bits per heavy atom. The van der Waals surface area contributed by atoms with E-state index in [9.17, 15) is 4.79 Å². The fourth-order valence-corrected chi connectivity index (χ4v) is 3.97. The minimum Gasteiger partial charge on any atom is -0.352 e. The monoisotopic (exact) mass is 343 g/mol. The number of hydrogen-bond acceptors (Lipinski definition) is 3. The second-order valence-corrected chi connectivity index (χ2v) is 7.57. The SMILES string of the molecule is CCN1CCC(N[C@@H]2CC[C@@H]2NC(=O)CCCc2ccccc2)CC1. The highest BCUT2D eigenvalue weighted by molar-refractivity contribution is 5.76. The van der Waals surface area contributed by atoms with E-state index in [2.05, 4.69) is 46.7 Å². The molecule has 0 spiro atoms. The highest BCUT2D eigenvalue weighted by Crippen LogP contribution is 2.23. The Hall–Kier alpha value is -1.39. The Morgan fingerprint density at radius 3 is 2.44 bits per heavy atom. The van der Waals surface area contributed by atoms with Gasteiger partial charge in [0.05, 0.1) is 0 Å². The van der Waals surface area contributed by atoms with Crippen molar-refractivity contribution in [1.82, 2.24) is 15.5 Å². The highest BCUT2D eigenvalue weighted by atomic mass is 16.1. The second-order valence-electron chi connectivity index (χ2n) is 7.57. The van der Waals surface area contributed by atoms with Gasteiger partial charge in [-0.2, -0.15) is 0 Å². The van der Waals surface area contributed by atoms with Crippen LogP contribution in [0.2, 0.25) is 0 Å². The Labute approximate surface area is 152 Å². The topological polar surface area (TPSA) is 44.4 Å². The van der Waals surface area contributed by atoms with Crippen molar-refractivity contribution in [1.29, 1.82) is 0 Å². The van der Waals surface area contributed by atoms with Gasteiger partial charge in [-0.1, -0.05) is 37.3 Å². The molecule has 0 bridgehead atoms. The third-order valence-corrected chi connectivity index (χ3v) is 5.82. The van der Waals surface area contributed by atoms with Crippen molar-refractivity contribution in [3.8, 4) is 0 Å². The maximum absolute atomic E-state index is 12.2. The molecule has 138 valence electrons. The van der Waals surface area contributed by atoms with Crippen molar-refractivity contribution < 1.29 is 4.79 Å². The molecule has 2 aliphatic rings. The number of piperidine rings is 1. The lowest BCUT2D eigenvalue weighted by molar-refractivity contribution is -0.122. The van der Waals surface area contributed by atoms with E-state index < -0.39 is 0 Å². The smallest absolute Gasteiger partial charge is 0.220 e. The molecule has 2 atom stereocenters. The molecule has 2 fully saturated rings. The van der Waals surface area contributed by atoms with Crippen molar-refractivity contribution in [2.75, 3.05) is 19.6 Å². The van der Waals surface area contributed by atoms with E-state index in [0.717, 1.165) is 25.8 Å². The lowest BCUT2D eigenvalue weighted by Gasteiger charge is -2.42. The highest BCUT2D eigenvalue weighted by Gasteiger charge is 2.33. The van der Waals surface area contributed by atoms with Crippen molar-refractivity contribution in [3.05, 3.63) is 35.9 Å². The summed E-state index contributed by atoms with van der Waals surface area (Å²) in [5, 5.41) is 7.05. The van der Waals surface area contributed by atoms with Crippen LogP contribution in [0.1, 0.15) is 51.0 Å². The number of carbonyl (C=O) groups is 1. The van der Waals surface area contributed by atoms with Crippen molar-refractivity contribution in [2.24, 2.45) is 0 Å². The molecule has 0 unspecified atom stereocenters. The lowest BCUT2D eigenvalue weighted by Crippen LogP contribution is -2.60. The average molecular weight is 344 g/mol. The van der Waals surface area contributed by atoms with Crippen LogP contribution in [0.3, 0.4) is 0 Å². The Balaban J connectivity index is 1.32. The van der Waals surface area contributed by atoms with E-state index in [1.165, 1.54) is 37.9 Å². The van der Waals surface area contributed by atoms with Gasteiger partial charge in [0.1, 0.15) is 0 Å². The molecule has 1 aliphatic heterocycles. The molecule has 1 saturated heterocycles. The third-order valence-electron chi connectivity index (χ3n) is 5.82. The number of hydrogen-bond donors (Lipinski definition) is 2. The van der Waals surface area contributed by atoms with Crippen molar-refractivity contribution in [2.45, 2.75) is 70.0 Å². The summed E-state index contributed by atoms with van der Waals surface area (Å²) in [4.78, 5) is 14.7. The van der Waals surface area contributed by atoms with E-state index in [0.29, 0.717) is 24.5 Å². The minimum atomic E-state index is 0.216.